The van der Waals surface area contributed by atoms with Crippen molar-refractivity contribution in [2.45, 2.75) is 50.2 Å². The maximum absolute atomic E-state index is 12.9. The molecule has 2 heterocycles. The average Bonchev–Trinajstić information content (AvgIpc) is 3.19. The van der Waals surface area contributed by atoms with Crippen molar-refractivity contribution < 1.29 is 19.1 Å². The lowest BCUT2D eigenvalue weighted by Crippen LogP contribution is -2.67. The standard InChI is InChI=1S/C19H23N3O4/c1-17(2,3)26-16(25)21-19(8-9-19)15(24)22-10-18(11-22)12-6-4-5-7-13(12)20-14(18)23/h4-7H,8-11H2,1-3H3,(H,20,23)(H,21,25). The molecule has 0 bridgehead atoms. The first kappa shape index (κ1) is 16.9. The number of amides is 3. The van der Waals surface area contributed by atoms with Crippen LogP contribution in [-0.2, 0) is 19.7 Å². The Labute approximate surface area is 152 Å². The fourth-order valence-electron chi connectivity index (χ4n) is 3.76. The number of ether oxygens (including phenoxy) is 1. The number of fused-ring (bicyclic) bond motifs is 2. The minimum atomic E-state index is -0.876. The second-order valence-corrected chi connectivity index (χ2v) is 8.45. The highest BCUT2D eigenvalue weighted by Gasteiger charge is 2.61. The van der Waals surface area contributed by atoms with Crippen molar-refractivity contribution in [2.24, 2.45) is 0 Å². The molecule has 26 heavy (non-hydrogen) atoms. The molecule has 7 heteroatoms. The molecule has 2 aliphatic heterocycles. The molecule has 0 aromatic heterocycles. The van der Waals surface area contributed by atoms with Crippen molar-refractivity contribution in [1.29, 1.82) is 0 Å². The van der Waals surface area contributed by atoms with Crippen LogP contribution in [0.5, 0.6) is 0 Å². The number of nitrogens with zero attached hydrogens (tertiary/aromatic N) is 1. The molecule has 138 valence electrons. The van der Waals surface area contributed by atoms with Gasteiger partial charge in [0.25, 0.3) is 0 Å². The second kappa shape index (κ2) is 5.22. The fraction of sp³-hybridized carbons (Fsp3) is 0.526. The van der Waals surface area contributed by atoms with Gasteiger partial charge in [-0.3, -0.25) is 9.59 Å². The minimum absolute atomic E-state index is 0.0623. The summed E-state index contributed by atoms with van der Waals surface area (Å²) in [4.78, 5) is 39.1. The lowest BCUT2D eigenvalue weighted by molar-refractivity contribution is -0.146. The quantitative estimate of drug-likeness (QED) is 0.844. The third-order valence-corrected chi connectivity index (χ3v) is 5.23. The molecule has 1 aromatic carbocycles. The number of hydrogen-bond acceptors (Lipinski definition) is 4. The molecule has 1 saturated carbocycles. The molecule has 2 N–H and O–H groups in total. The van der Waals surface area contributed by atoms with Gasteiger partial charge in [-0.1, -0.05) is 18.2 Å². The zero-order valence-corrected chi connectivity index (χ0v) is 15.2. The van der Waals surface area contributed by atoms with Crippen LogP contribution in [0.2, 0.25) is 0 Å². The Balaban J connectivity index is 1.44. The van der Waals surface area contributed by atoms with Crippen molar-refractivity contribution >= 4 is 23.6 Å². The summed E-state index contributed by atoms with van der Waals surface area (Å²) in [6.07, 6.45) is 0.608. The smallest absolute Gasteiger partial charge is 0.408 e. The second-order valence-electron chi connectivity index (χ2n) is 8.45. The number of nitrogens with one attached hydrogen (secondary N) is 2. The van der Waals surface area contributed by atoms with Gasteiger partial charge < -0.3 is 20.3 Å². The minimum Gasteiger partial charge on any atom is -0.444 e. The molecule has 3 aliphatic rings. The van der Waals surface area contributed by atoms with E-state index in [1.54, 1.807) is 25.7 Å². The number of carbonyl (C=O) groups excluding carboxylic acids is 3. The summed E-state index contributed by atoms with van der Waals surface area (Å²) in [6, 6.07) is 7.58. The van der Waals surface area contributed by atoms with Crippen LogP contribution in [-0.4, -0.2) is 47.0 Å². The van der Waals surface area contributed by atoms with E-state index in [2.05, 4.69) is 10.6 Å². The molecular formula is C19H23N3O4. The summed E-state index contributed by atoms with van der Waals surface area (Å²) in [5, 5.41) is 5.62. The predicted molar refractivity (Wildman–Crippen MR) is 94.7 cm³/mol. The number of rotatable bonds is 2. The van der Waals surface area contributed by atoms with E-state index in [0.29, 0.717) is 25.9 Å². The first-order valence-electron chi connectivity index (χ1n) is 8.87. The van der Waals surface area contributed by atoms with Gasteiger partial charge in [0, 0.05) is 18.8 Å². The van der Waals surface area contributed by atoms with E-state index in [9.17, 15) is 14.4 Å². The lowest BCUT2D eigenvalue weighted by Gasteiger charge is -2.47. The molecule has 1 spiro atoms. The Morgan fingerprint density at radius 3 is 2.46 bits per heavy atom. The van der Waals surface area contributed by atoms with Crippen LogP contribution in [0.4, 0.5) is 10.5 Å². The lowest BCUT2D eigenvalue weighted by atomic mass is 9.74. The number of alkyl carbamates (subject to hydrolysis) is 1. The summed E-state index contributed by atoms with van der Waals surface area (Å²) in [7, 11) is 0. The topological polar surface area (TPSA) is 87.7 Å². The van der Waals surface area contributed by atoms with E-state index >= 15 is 0 Å². The van der Waals surface area contributed by atoms with Gasteiger partial charge in [-0.15, -0.1) is 0 Å². The third-order valence-electron chi connectivity index (χ3n) is 5.23. The molecule has 3 amide bonds. The third kappa shape index (κ3) is 2.53. The van der Waals surface area contributed by atoms with E-state index in [1.807, 2.05) is 24.3 Å². The first-order chi connectivity index (χ1) is 12.2. The van der Waals surface area contributed by atoms with Gasteiger partial charge in [-0.25, -0.2) is 4.79 Å². The summed E-state index contributed by atoms with van der Waals surface area (Å²) < 4.78 is 5.27. The van der Waals surface area contributed by atoms with Gasteiger partial charge in [-0.05, 0) is 45.2 Å². The predicted octanol–water partition coefficient (Wildman–Crippen LogP) is 1.78. The first-order valence-corrected chi connectivity index (χ1v) is 8.87. The highest BCUT2D eigenvalue weighted by Crippen LogP contribution is 2.47. The summed E-state index contributed by atoms with van der Waals surface area (Å²) in [5.74, 6) is -0.195. The van der Waals surface area contributed by atoms with Gasteiger partial charge in [0.15, 0.2) is 0 Å². The van der Waals surface area contributed by atoms with Crippen molar-refractivity contribution in [3.8, 4) is 0 Å². The number of anilines is 1. The Hall–Kier alpha value is -2.57. The van der Waals surface area contributed by atoms with Crippen LogP contribution >= 0.6 is 0 Å². The van der Waals surface area contributed by atoms with E-state index < -0.39 is 22.6 Å². The van der Waals surface area contributed by atoms with Crippen LogP contribution in [0.3, 0.4) is 0 Å². The molecule has 4 rings (SSSR count). The van der Waals surface area contributed by atoms with Crippen molar-refractivity contribution in [2.75, 3.05) is 18.4 Å². The van der Waals surface area contributed by atoms with Crippen LogP contribution in [0.25, 0.3) is 0 Å². The van der Waals surface area contributed by atoms with Crippen molar-refractivity contribution in [3.63, 3.8) is 0 Å². The zero-order chi connectivity index (χ0) is 18.7. The van der Waals surface area contributed by atoms with E-state index in [0.717, 1.165) is 11.3 Å². The maximum atomic E-state index is 12.9. The Kier molecular flexibility index (Phi) is 3.39. The average molecular weight is 357 g/mol. The largest absolute Gasteiger partial charge is 0.444 e. The number of benzene rings is 1. The number of hydrogen-bond donors (Lipinski definition) is 2. The monoisotopic (exact) mass is 357 g/mol. The molecule has 2 fully saturated rings. The Bertz CT molecular complexity index is 801. The van der Waals surface area contributed by atoms with Gasteiger partial charge in [0.1, 0.15) is 16.6 Å². The van der Waals surface area contributed by atoms with Gasteiger partial charge in [0.2, 0.25) is 11.8 Å². The molecule has 1 saturated heterocycles. The fourth-order valence-corrected chi connectivity index (χ4v) is 3.76. The van der Waals surface area contributed by atoms with Crippen LogP contribution in [0, 0.1) is 0 Å². The van der Waals surface area contributed by atoms with Gasteiger partial charge in [0.05, 0.1) is 0 Å². The molecule has 0 unspecified atom stereocenters. The van der Waals surface area contributed by atoms with Gasteiger partial charge in [-0.2, -0.15) is 0 Å². The van der Waals surface area contributed by atoms with E-state index in [4.69, 9.17) is 4.74 Å². The SMILES string of the molecule is CC(C)(C)OC(=O)NC1(C(=O)N2CC3(C2)C(=O)Nc2ccccc23)CC1. The van der Waals surface area contributed by atoms with Crippen LogP contribution in [0.15, 0.2) is 24.3 Å². The summed E-state index contributed by atoms with van der Waals surface area (Å²) in [5.41, 5.74) is -0.390. The summed E-state index contributed by atoms with van der Waals surface area (Å²) >= 11 is 0. The van der Waals surface area contributed by atoms with Crippen LogP contribution < -0.4 is 10.6 Å². The molecular weight excluding hydrogens is 334 g/mol. The molecule has 0 radical (unpaired) electrons. The zero-order valence-electron chi connectivity index (χ0n) is 15.2. The highest BCUT2D eigenvalue weighted by molar-refractivity contribution is 6.09. The highest BCUT2D eigenvalue weighted by atomic mass is 16.6. The van der Waals surface area contributed by atoms with E-state index in [1.165, 1.54) is 0 Å². The van der Waals surface area contributed by atoms with Crippen LogP contribution in [0.1, 0.15) is 39.2 Å². The number of para-hydroxylation sites is 1. The molecule has 0 atom stereocenters. The Morgan fingerprint density at radius 2 is 1.85 bits per heavy atom. The normalized spacial score (nSPS) is 21.5. The molecule has 1 aliphatic carbocycles. The Morgan fingerprint density at radius 1 is 1.19 bits per heavy atom. The number of carbonyl (C=O) groups is 3. The maximum Gasteiger partial charge on any atom is 0.408 e. The number of likely N-dealkylation sites (tertiary alicyclic amines) is 1. The molecule has 7 nitrogen and oxygen atoms in total. The van der Waals surface area contributed by atoms with E-state index in [-0.39, 0.29) is 11.8 Å². The molecule has 1 aromatic rings. The van der Waals surface area contributed by atoms with Crippen molar-refractivity contribution in [1.82, 2.24) is 10.2 Å². The van der Waals surface area contributed by atoms with Crippen molar-refractivity contribution in [3.05, 3.63) is 29.8 Å². The van der Waals surface area contributed by atoms with Gasteiger partial charge >= 0.3 is 6.09 Å². The summed E-state index contributed by atoms with van der Waals surface area (Å²) in [6.45, 7) is 6.02.